The predicted molar refractivity (Wildman–Crippen MR) is 113 cm³/mol. The molecular weight excluding hydrogens is 408 g/mol. The number of nitrogens with one attached hydrogen (secondary N) is 1. The number of hydrogen-bond donors (Lipinski definition) is 1. The highest BCUT2D eigenvalue weighted by Gasteiger charge is 2.32. The van der Waals surface area contributed by atoms with Crippen molar-refractivity contribution >= 4 is 32.4 Å². The topological polar surface area (TPSA) is 103 Å². The summed E-state index contributed by atoms with van der Waals surface area (Å²) in [5, 5.41) is 12.2. The first-order valence-corrected chi connectivity index (χ1v) is 12.1. The zero-order valence-electron chi connectivity index (χ0n) is 16.3. The summed E-state index contributed by atoms with van der Waals surface area (Å²) in [7, 11) is -3.29. The SMILES string of the molecule is CCCS(=O)(=O)N1CCCC(C(=O)Nc2ncc(Cc3ccc(C#N)cc3)s2)C1. The van der Waals surface area contributed by atoms with Crippen LogP contribution in [0.4, 0.5) is 5.13 Å². The summed E-state index contributed by atoms with van der Waals surface area (Å²) < 4.78 is 26.0. The molecule has 0 saturated carbocycles. The molecule has 1 saturated heterocycles. The van der Waals surface area contributed by atoms with E-state index < -0.39 is 10.0 Å². The minimum atomic E-state index is -3.29. The maximum atomic E-state index is 12.6. The van der Waals surface area contributed by atoms with E-state index in [-0.39, 0.29) is 24.1 Å². The summed E-state index contributed by atoms with van der Waals surface area (Å²) in [6.45, 7) is 2.55. The normalized spacial score (nSPS) is 17.6. The van der Waals surface area contributed by atoms with E-state index in [0.717, 1.165) is 10.4 Å². The average molecular weight is 433 g/mol. The molecule has 3 rings (SSSR count). The van der Waals surface area contributed by atoms with Crippen LogP contribution < -0.4 is 5.32 Å². The third kappa shape index (κ3) is 5.63. The van der Waals surface area contributed by atoms with Crippen molar-refractivity contribution in [1.29, 1.82) is 5.26 Å². The molecule has 1 N–H and O–H groups in total. The lowest BCUT2D eigenvalue weighted by molar-refractivity contribution is -0.120. The first-order valence-electron chi connectivity index (χ1n) is 9.63. The van der Waals surface area contributed by atoms with Crippen molar-refractivity contribution in [3.8, 4) is 6.07 Å². The molecule has 0 aliphatic carbocycles. The third-order valence-corrected chi connectivity index (χ3v) is 7.81. The Hall–Kier alpha value is -2.28. The zero-order valence-corrected chi connectivity index (χ0v) is 17.9. The Morgan fingerprint density at radius 3 is 2.83 bits per heavy atom. The van der Waals surface area contributed by atoms with Crippen molar-refractivity contribution < 1.29 is 13.2 Å². The van der Waals surface area contributed by atoms with Gasteiger partial charge in [-0.25, -0.2) is 17.7 Å². The number of aromatic nitrogens is 1. The zero-order chi connectivity index (χ0) is 20.9. The standard InChI is InChI=1S/C20H24N4O3S2/c1-2-10-29(26,27)24-9-3-4-17(14-24)19(25)23-20-22-13-18(28-20)11-15-5-7-16(12-21)8-6-15/h5-8,13,17H,2-4,9-11,14H2,1H3,(H,22,23,25). The monoisotopic (exact) mass is 432 g/mol. The van der Waals surface area contributed by atoms with Gasteiger partial charge in [0.15, 0.2) is 5.13 Å². The van der Waals surface area contributed by atoms with Gasteiger partial charge < -0.3 is 5.32 Å². The van der Waals surface area contributed by atoms with Crippen LogP contribution >= 0.6 is 11.3 Å². The van der Waals surface area contributed by atoms with Gasteiger partial charge in [-0.1, -0.05) is 19.1 Å². The van der Waals surface area contributed by atoms with Crippen LogP contribution in [0.25, 0.3) is 0 Å². The Morgan fingerprint density at radius 1 is 1.38 bits per heavy atom. The average Bonchev–Trinajstić information content (AvgIpc) is 3.15. The second kappa shape index (κ2) is 9.48. The molecule has 0 bridgehead atoms. The van der Waals surface area contributed by atoms with Crippen LogP contribution in [0.2, 0.25) is 0 Å². The molecular formula is C20H24N4O3S2. The highest BCUT2D eigenvalue weighted by molar-refractivity contribution is 7.89. The molecule has 7 nitrogen and oxygen atoms in total. The maximum Gasteiger partial charge on any atom is 0.230 e. The molecule has 1 fully saturated rings. The Morgan fingerprint density at radius 2 is 2.14 bits per heavy atom. The second-order valence-corrected chi connectivity index (χ2v) is 10.3. The van der Waals surface area contributed by atoms with E-state index in [1.165, 1.54) is 15.6 Å². The van der Waals surface area contributed by atoms with Crippen LogP contribution in [0, 0.1) is 17.2 Å². The van der Waals surface area contributed by atoms with Gasteiger partial charge in [0, 0.05) is 30.6 Å². The summed E-state index contributed by atoms with van der Waals surface area (Å²) in [5.41, 5.74) is 1.68. The van der Waals surface area contributed by atoms with Gasteiger partial charge in [-0.05, 0) is 37.0 Å². The Labute approximate surface area is 175 Å². The molecule has 1 aliphatic heterocycles. The summed E-state index contributed by atoms with van der Waals surface area (Å²) in [6, 6.07) is 9.47. The molecule has 1 aromatic heterocycles. The number of piperidine rings is 1. The first-order chi connectivity index (χ1) is 13.9. The first kappa shape index (κ1) is 21.4. The van der Waals surface area contributed by atoms with Crippen molar-refractivity contribution in [2.45, 2.75) is 32.6 Å². The maximum absolute atomic E-state index is 12.6. The molecule has 1 aliphatic rings. The molecule has 0 radical (unpaired) electrons. The number of sulfonamides is 1. The fourth-order valence-electron chi connectivity index (χ4n) is 3.35. The fourth-order valence-corrected chi connectivity index (χ4v) is 5.79. The molecule has 1 amide bonds. The summed E-state index contributed by atoms with van der Waals surface area (Å²) in [5.74, 6) is -0.422. The van der Waals surface area contributed by atoms with E-state index in [2.05, 4.69) is 16.4 Å². The summed E-state index contributed by atoms with van der Waals surface area (Å²) >= 11 is 1.40. The molecule has 29 heavy (non-hydrogen) atoms. The highest BCUT2D eigenvalue weighted by Crippen LogP contribution is 2.25. The van der Waals surface area contributed by atoms with Crippen molar-refractivity contribution in [3.05, 3.63) is 46.5 Å². The van der Waals surface area contributed by atoms with Crippen molar-refractivity contribution in [2.24, 2.45) is 5.92 Å². The van der Waals surface area contributed by atoms with E-state index in [4.69, 9.17) is 5.26 Å². The lowest BCUT2D eigenvalue weighted by Gasteiger charge is -2.30. The van der Waals surface area contributed by atoms with Gasteiger partial charge in [-0.3, -0.25) is 4.79 Å². The number of hydrogen-bond acceptors (Lipinski definition) is 6. The molecule has 9 heteroatoms. The molecule has 2 aromatic rings. The number of thiazole rings is 1. The van der Waals surface area contributed by atoms with Gasteiger partial charge in [0.2, 0.25) is 15.9 Å². The summed E-state index contributed by atoms with van der Waals surface area (Å²) in [6.07, 6.45) is 4.33. The Kier molecular flexibility index (Phi) is 7.00. The number of nitriles is 1. The van der Waals surface area contributed by atoms with Gasteiger partial charge >= 0.3 is 0 Å². The fraction of sp³-hybridized carbons (Fsp3) is 0.450. The van der Waals surface area contributed by atoms with Crippen LogP contribution in [0.1, 0.15) is 42.2 Å². The van der Waals surface area contributed by atoms with Gasteiger partial charge in [0.05, 0.1) is 23.3 Å². The van der Waals surface area contributed by atoms with Crippen molar-refractivity contribution in [1.82, 2.24) is 9.29 Å². The molecule has 2 heterocycles. The largest absolute Gasteiger partial charge is 0.302 e. The quantitative estimate of drug-likeness (QED) is 0.724. The van der Waals surface area contributed by atoms with E-state index in [1.807, 2.05) is 19.1 Å². The number of carbonyl (C=O) groups excluding carboxylic acids is 1. The van der Waals surface area contributed by atoms with Gasteiger partial charge in [0.1, 0.15) is 0 Å². The molecule has 1 unspecified atom stereocenters. The molecule has 154 valence electrons. The highest BCUT2D eigenvalue weighted by atomic mass is 32.2. The molecule has 1 atom stereocenters. The third-order valence-electron chi connectivity index (χ3n) is 4.86. The molecule has 0 spiro atoms. The lowest BCUT2D eigenvalue weighted by Crippen LogP contribution is -2.44. The van der Waals surface area contributed by atoms with Crippen LogP contribution in [0.3, 0.4) is 0 Å². The Bertz CT molecular complexity index is 993. The van der Waals surface area contributed by atoms with E-state index in [9.17, 15) is 13.2 Å². The number of carbonyl (C=O) groups is 1. The van der Waals surface area contributed by atoms with E-state index in [0.29, 0.717) is 42.9 Å². The van der Waals surface area contributed by atoms with Gasteiger partial charge in [-0.15, -0.1) is 11.3 Å². The number of amides is 1. The van der Waals surface area contributed by atoms with E-state index >= 15 is 0 Å². The minimum absolute atomic E-state index is 0.118. The number of benzene rings is 1. The number of rotatable bonds is 7. The minimum Gasteiger partial charge on any atom is -0.302 e. The lowest BCUT2D eigenvalue weighted by atomic mass is 9.99. The van der Waals surface area contributed by atoms with E-state index in [1.54, 1.807) is 18.3 Å². The number of anilines is 1. The van der Waals surface area contributed by atoms with Gasteiger partial charge in [-0.2, -0.15) is 5.26 Å². The van der Waals surface area contributed by atoms with Crippen molar-refractivity contribution in [2.75, 3.05) is 24.2 Å². The second-order valence-electron chi connectivity index (χ2n) is 7.12. The van der Waals surface area contributed by atoms with Gasteiger partial charge in [0.25, 0.3) is 0 Å². The number of nitrogens with zero attached hydrogens (tertiary/aromatic N) is 3. The Balaban J connectivity index is 1.58. The van der Waals surface area contributed by atoms with Crippen LogP contribution in [0.15, 0.2) is 30.5 Å². The smallest absolute Gasteiger partial charge is 0.230 e. The summed E-state index contributed by atoms with van der Waals surface area (Å²) in [4.78, 5) is 17.9. The van der Waals surface area contributed by atoms with Crippen LogP contribution in [0.5, 0.6) is 0 Å². The van der Waals surface area contributed by atoms with Crippen molar-refractivity contribution in [3.63, 3.8) is 0 Å². The van der Waals surface area contributed by atoms with Crippen LogP contribution in [-0.2, 0) is 21.2 Å². The van der Waals surface area contributed by atoms with Crippen LogP contribution in [-0.4, -0.2) is 42.5 Å². The predicted octanol–water partition coefficient (Wildman–Crippen LogP) is 3.00. The molecule has 1 aromatic carbocycles.